The summed E-state index contributed by atoms with van der Waals surface area (Å²) in [6, 6.07) is 19.3. The zero-order chi connectivity index (χ0) is 26.8. The number of hydrogen-bond donors (Lipinski definition) is 0. The van der Waals surface area contributed by atoms with Gasteiger partial charge in [-0.1, -0.05) is 154 Å². The van der Waals surface area contributed by atoms with Crippen LogP contribution in [0, 0.1) is 0 Å². The first-order valence-corrected chi connectivity index (χ1v) is 13.5. The summed E-state index contributed by atoms with van der Waals surface area (Å²) in [5, 5.41) is 23.4. The minimum atomic E-state index is 0. The second kappa shape index (κ2) is 18.6. The average molecular weight is 561 g/mol. The van der Waals surface area contributed by atoms with Crippen molar-refractivity contribution in [3.63, 3.8) is 0 Å². The van der Waals surface area contributed by atoms with Crippen molar-refractivity contribution in [2.45, 2.75) is 51.4 Å². The van der Waals surface area contributed by atoms with Crippen LogP contribution in [-0.2, 0) is 17.1 Å². The summed E-state index contributed by atoms with van der Waals surface area (Å²) in [5.41, 5.74) is 3.43. The molecule has 39 heavy (non-hydrogen) atoms. The van der Waals surface area contributed by atoms with Crippen LogP contribution in [0.2, 0.25) is 0 Å². The second-order valence-corrected chi connectivity index (χ2v) is 9.29. The number of ketones is 1. The Hall–Kier alpha value is -3.59. The molecule has 0 saturated heterocycles. The van der Waals surface area contributed by atoms with Crippen molar-refractivity contribution in [3.05, 3.63) is 149 Å². The van der Waals surface area contributed by atoms with Gasteiger partial charge in [-0.2, -0.15) is 0 Å². The molecule has 0 bridgehead atoms. The molecule has 2 aromatic rings. The fraction of sp³-hybridized carbons (Fsp3) is 0.229. The van der Waals surface area contributed by atoms with Gasteiger partial charge in [0.25, 0.3) is 0 Å². The van der Waals surface area contributed by atoms with E-state index in [2.05, 4.69) is 0 Å². The molecule has 0 heterocycles. The van der Waals surface area contributed by atoms with E-state index in [1.54, 1.807) is 6.08 Å². The van der Waals surface area contributed by atoms with Crippen molar-refractivity contribution in [1.82, 2.24) is 0 Å². The maximum Gasteiger partial charge on any atom is 2.00 e. The number of rotatable bonds is 12. The van der Waals surface area contributed by atoms with Crippen LogP contribution >= 0.6 is 0 Å². The molecular weight excluding hydrogens is 524 g/mol. The molecule has 3 nitrogen and oxygen atoms in total. The van der Waals surface area contributed by atoms with Crippen molar-refractivity contribution in [1.29, 1.82) is 0 Å². The molecule has 0 unspecified atom stereocenters. The topological polar surface area (TPSA) is 63.2 Å². The number of Topliss-reactive ketones (excluding diaryl/α,β-unsaturated/α-hetero) is 1. The first-order valence-electron chi connectivity index (χ1n) is 13.5. The van der Waals surface area contributed by atoms with E-state index in [1.807, 2.05) is 115 Å². The Kier molecular flexibility index (Phi) is 15.1. The van der Waals surface area contributed by atoms with Crippen LogP contribution in [0.3, 0.4) is 0 Å². The standard InChI is InChI=1S/C21H26O2.C14H12O.Fe/c22-20(18-12-6-5-7-13-18)16-8-3-1-2-4-9-17-21(23)19-14-10-11-15-19;15-14(13-8-4-5-9-13)11-10-12-6-2-1-3-7-12;/h5-7,10-15,23H,1-4,8-9,16-17H2;1-11,15H;/q;;+2/p-2. The molecule has 0 saturated carbocycles. The van der Waals surface area contributed by atoms with E-state index in [0.717, 1.165) is 60.8 Å². The summed E-state index contributed by atoms with van der Waals surface area (Å²) in [4.78, 5) is 11.9. The molecule has 0 atom stereocenters. The Morgan fingerprint density at radius 2 is 1.10 bits per heavy atom. The Morgan fingerprint density at radius 3 is 1.69 bits per heavy atom. The summed E-state index contributed by atoms with van der Waals surface area (Å²) in [7, 11) is 0. The van der Waals surface area contributed by atoms with Crippen LogP contribution in [0.15, 0.2) is 138 Å². The molecule has 0 aromatic heterocycles. The zero-order valence-electron chi connectivity index (χ0n) is 22.3. The van der Waals surface area contributed by atoms with Gasteiger partial charge in [0.1, 0.15) is 0 Å². The molecule has 4 heteroatoms. The number of benzene rings is 2. The Balaban J connectivity index is 0.000000289. The van der Waals surface area contributed by atoms with E-state index in [1.165, 1.54) is 0 Å². The quantitative estimate of drug-likeness (QED) is 0.120. The molecule has 0 radical (unpaired) electrons. The maximum absolute atomic E-state index is 11.9. The van der Waals surface area contributed by atoms with Crippen molar-refractivity contribution >= 4 is 11.9 Å². The average Bonchev–Trinajstić information content (AvgIpc) is 3.70. The van der Waals surface area contributed by atoms with E-state index < -0.39 is 0 Å². The maximum atomic E-state index is 11.9. The molecule has 0 amide bonds. The SMILES string of the molecule is O=C(CCCCCCCCC([O-])=C1C=CC=C1)c1ccccc1.[Fe+2].[O-]C(C=Cc1ccccc1)=C1C=CC=C1. The van der Waals surface area contributed by atoms with E-state index in [0.29, 0.717) is 12.8 Å². The summed E-state index contributed by atoms with van der Waals surface area (Å²) < 4.78 is 0. The van der Waals surface area contributed by atoms with Gasteiger partial charge >= 0.3 is 17.1 Å². The fourth-order valence-electron chi connectivity index (χ4n) is 4.12. The molecular formula is C35H36FeO3. The molecule has 2 aliphatic rings. The molecule has 202 valence electrons. The fourth-order valence-corrected chi connectivity index (χ4v) is 4.12. The monoisotopic (exact) mass is 560 g/mol. The van der Waals surface area contributed by atoms with Crippen LogP contribution in [0.1, 0.15) is 67.3 Å². The van der Waals surface area contributed by atoms with Crippen molar-refractivity contribution in [3.8, 4) is 0 Å². The molecule has 2 aliphatic carbocycles. The second-order valence-electron chi connectivity index (χ2n) is 9.29. The summed E-state index contributed by atoms with van der Waals surface area (Å²) in [6.45, 7) is 0. The third-order valence-corrected chi connectivity index (χ3v) is 6.31. The first-order chi connectivity index (χ1) is 18.6. The number of carbonyl (C=O) groups excluding carboxylic acids is 1. The minimum Gasteiger partial charge on any atom is -0.875 e. The van der Waals surface area contributed by atoms with Crippen molar-refractivity contribution in [2.24, 2.45) is 0 Å². The van der Waals surface area contributed by atoms with E-state index in [4.69, 9.17) is 0 Å². The minimum absolute atomic E-state index is 0. The molecule has 0 aliphatic heterocycles. The van der Waals surface area contributed by atoms with Crippen LogP contribution in [-0.4, -0.2) is 5.78 Å². The molecule has 2 aromatic carbocycles. The first kappa shape index (κ1) is 31.6. The van der Waals surface area contributed by atoms with E-state index in [9.17, 15) is 15.0 Å². The number of carbonyl (C=O) groups is 1. The van der Waals surface area contributed by atoms with E-state index in [-0.39, 0.29) is 34.4 Å². The summed E-state index contributed by atoms with van der Waals surface area (Å²) in [5.74, 6) is 0.540. The van der Waals surface area contributed by atoms with Crippen LogP contribution in [0.4, 0.5) is 0 Å². The Morgan fingerprint density at radius 1 is 0.615 bits per heavy atom. The van der Waals surface area contributed by atoms with Crippen molar-refractivity contribution < 1.29 is 32.1 Å². The molecule has 0 fully saturated rings. The number of hydrogen-bond acceptors (Lipinski definition) is 3. The third kappa shape index (κ3) is 12.2. The van der Waals surface area contributed by atoms with Gasteiger partial charge in [-0.3, -0.25) is 4.79 Å². The summed E-state index contributed by atoms with van der Waals surface area (Å²) >= 11 is 0. The van der Waals surface area contributed by atoms with Crippen molar-refractivity contribution in [2.75, 3.05) is 0 Å². The molecule has 0 spiro atoms. The van der Waals surface area contributed by atoms with Crippen LogP contribution in [0.25, 0.3) is 6.08 Å². The van der Waals surface area contributed by atoms with Crippen LogP contribution < -0.4 is 10.2 Å². The number of unbranched alkanes of at least 4 members (excludes halogenated alkanes) is 5. The van der Waals surface area contributed by atoms with Gasteiger partial charge in [-0.05, 0) is 29.6 Å². The van der Waals surface area contributed by atoms with Gasteiger partial charge in [-0.15, -0.1) is 11.5 Å². The normalized spacial score (nSPS) is 12.9. The number of allylic oxidation sites excluding steroid dienone is 12. The summed E-state index contributed by atoms with van der Waals surface area (Å²) in [6.07, 6.45) is 26.1. The predicted molar refractivity (Wildman–Crippen MR) is 154 cm³/mol. The van der Waals surface area contributed by atoms with Gasteiger partial charge in [0.15, 0.2) is 5.78 Å². The zero-order valence-corrected chi connectivity index (χ0v) is 23.4. The molecule has 0 N–H and O–H groups in total. The smallest absolute Gasteiger partial charge is 0.875 e. The van der Waals surface area contributed by atoms with Gasteiger partial charge in [0.2, 0.25) is 0 Å². The van der Waals surface area contributed by atoms with Gasteiger partial charge in [0.05, 0.1) is 0 Å². The Bertz CT molecular complexity index is 1200. The van der Waals surface area contributed by atoms with E-state index >= 15 is 0 Å². The van der Waals surface area contributed by atoms with Gasteiger partial charge < -0.3 is 10.2 Å². The van der Waals surface area contributed by atoms with Gasteiger partial charge in [-0.25, -0.2) is 0 Å². The predicted octanol–water partition coefficient (Wildman–Crippen LogP) is 7.17. The van der Waals surface area contributed by atoms with Gasteiger partial charge in [0, 0.05) is 12.0 Å². The molecule has 4 rings (SSSR count). The third-order valence-electron chi connectivity index (χ3n) is 6.31. The van der Waals surface area contributed by atoms with Crippen LogP contribution in [0.5, 0.6) is 0 Å². The Labute approximate surface area is 243 Å². The largest absolute Gasteiger partial charge is 2.00 e.